The number of hydrogen-bond donors (Lipinski definition) is 2. The Morgan fingerprint density at radius 2 is 1.90 bits per heavy atom. The van der Waals surface area contributed by atoms with Crippen molar-refractivity contribution in [3.05, 3.63) is 88.7 Å². The third kappa shape index (κ3) is 8.36. The summed E-state index contributed by atoms with van der Waals surface area (Å²) in [6, 6.07) is 15.8. The number of nitriles is 1. The maximum Gasteiger partial charge on any atom is 0.393 e. The van der Waals surface area contributed by atoms with Gasteiger partial charge in [0.2, 0.25) is 5.91 Å². The summed E-state index contributed by atoms with van der Waals surface area (Å²) < 4.78 is 54.0. The van der Waals surface area contributed by atoms with Gasteiger partial charge in [-0.15, -0.1) is 11.3 Å². The van der Waals surface area contributed by atoms with E-state index in [9.17, 15) is 27.8 Å². The van der Waals surface area contributed by atoms with E-state index in [0.29, 0.717) is 45.7 Å². The molecule has 1 amide bonds. The number of aromatic nitrogens is 3. The van der Waals surface area contributed by atoms with Crippen molar-refractivity contribution in [2.45, 2.75) is 57.9 Å². The standard InChI is InChI=1S/C37H39F3N7O2PS/c1-5-34(48)45-31-8-6-24(16-33(31)50(3,4)49)10-15-47-27(20-41)17-29-23(2)25(7-9-32(29)47)21-46-13-11-26(12-14-46)44-35-30-18-28(19-37(38,39)40)51-36(30)43-22-42-35/h5-9,16-18,22,26H,1,10-15,19,21H2,2-4H3,(H,45,48)(H,42,43,44). The number of carbonyl (C=O) groups is 1. The van der Waals surface area contributed by atoms with Crippen LogP contribution in [0, 0.1) is 18.3 Å². The number of aryl methyl sites for hydroxylation is 3. The fourth-order valence-electron chi connectivity index (χ4n) is 6.71. The monoisotopic (exact) mass is 733 g/mol. The third-order valence-electron chi connectivity index (χ3n) is 9.37. The Kier molecular flexibility index (Phi) is 10.4. The van der Waals surface area contributed by atoms with Crippen LogP contribution >= 0.6 is 18.5 Å². The Morgan fingerprint density at radius 1 is 1.14 bits per heavy atom. The van der Waals surface area contributed by atoms with Crippen LogP contribution < -0.4 is 15.9 Å². The number of anilines is 2. The van der Waals surface area contributed by atoms with Crippen molar-refractivity contribution in [2.24, 2.45) is 0 Å². The molecule has 0 spiro atoms. The first kappa shape index (κ1) is 36.3. The Labute approximate surface area is 298 Å². The highest BCUT2D eigenvalue weighted by molar-refractivity contribution is 7.70. The number of carbonyl (C=O) groups excluding carboxylic acids is 1. The number of benzene rings is 2. The molecule has 51 heavy (non-hydrogen) atoms. The van der Waals surface area contributed by atoms with Gasteiger partial charge in [0.1, 0.15) is 35.9 Å². The Bertz CT molecular complexity index is 2210. The molecule has 0 bridgehead atoms. The lowest BCUT2D eigenvalue weighted by atomic mass is 10.0. The lowest BCUT2D eigenvalue weighted by Gasteiger charge is -2.33. The number of nitrogens with one attached hydrogen (secondary N) is 2. The summed E-state index contributed by atoms with van der Waals surface area (Å²) in [7, 11) is -2.70. The number of nitrogens with zero attached hydrogens (tertiary/aromatic N) is 5. The van der Waals surface area contributed by atoms with Gasteiger partial charge in [0.25, 0.3) is 0 Å². The second kappa shape index (κ2) is 14.6. The minimum absolute atomic E-state index is 0.140. The molecule has 3 aromatic heterocycles. The molecule has 0 aliphatic carbocycles. The summed E-state index contributed by atoms with van der Waals surface area (Å²) in [4.78, 5) is 23.6. The quantitative estimate of drug-likeness (QED) is 0.106. The summed E-state index contributed by atoms with van der Waals surface area (Å²) in [6.07, 6.45) is -0.353. The van der Waals surface area contributed by atoms with Gasteiger partial charge in [-0.25, -0.2) is 9.97 Å². The van der Waals surface area contributed by atoms with E-state index in [4.69, 9.17) is 0 Å². The minimum Gasteiger partial charge on any atom is -0.367 e. The number of alkyl halides is 3. The van der Waals surface area contributed by atoms with Crippen molar-refractivity contribution in [2.75, 3.05) is 37.1 Å². The molecule has 9 nitrogen and oxygen atoms in total. The van der Waals surface area contributed by atoms with E-state index in [1.807, 2.05) is 22.8 Å². The molecule has 266 valence electrons. The maximum absolute atomic E-state index is 13.1. The van der Waals surface area contributed by atoms with Gasteiger partial charge in [-0.1, -0.05) is 18.7 Å². The first-order valence-electron chi connectivity index (χ1n) is 16.6. The van der Waals surface area contributed by atoms with Crippen LogP contribution in [0.1, 0.15) is 40.1 Å². The van der Waals surface area contributed by atoms with E-state index in [0.717, 1.165) is 65.8 Å². The first-order chi connectivity index (χ1) is 24.2. The topological polar surface area (TPSA) is 116 Å². The molecule has 2 aromatic carbocycles. The Morgan fingerprint density at radius 3 is 2.59 bits per heavy atom. The second-order valence-electron chi connectivity index (χ2n) is 13.4. The fraction of sp³-hybridized carbons (Fsp3) is 0.351. The summed E-state index contributed by atoms with van der Waals surface area (Å²) in [5.41, 5.74) is 5.32. The number of rotatable bonds is 11. The first-order valence-corrected chi connectivity index (χ1v) is 20.1. The Balaban J connectivity index is 1.12. The van der Waals surface area contributed by atoms with Crippen LogP contribution in [-0.4, -0.2) is 64.0 Å². The average Bonchev–Trinajstić information content (AvgIpc) is 3.66. The number of fused-ring (bicyclic) bond motifs is 2. The zero-order valence-corrected chi connectivity index (χ0v) is 30.4. The molecule has 14 heteroatoms. The molecule has 0 saturated carbocycles. The lowest BCUT2D eigenvalue weighted by molar-refractivity contribution is -0.126. The minimum atomic E-state index is -4.27. The van der Waals surface area contributed by atoms with Gasteiger partial charge in [-0.2, -0.15) is 18.4 Å². The van der Waals surface area contributed by atoms with Crippen LogP contribution in [0.2, 0.25) is 0 Å². The van der Waals surface area contributed by atoms with Crippen molar-refractivity contribution in [3.8, 4) is 6.07 Å². The third-order valence-corrected chi connectivity index (χ3v) is 11.9. The van der Waals surface area contributed by atoms with Crippen LogP contribution in [0.5, 0.6) is 0 Å². The number of hydrogen-bond acceptors (Lipinski definition) is 8. The summed E-state index contributed by atoms with van der Waals surface area (Å²) >= 11 is 1.05. The predicted octanol–water partition coefficient (Wildman–Crippen LogP) is 7.62. The molecule has 0 radical (unpaired) electrons. The van der Waals surface area contributed by atoms with E-state index >= 15 is 0 Å². The molecule has 1 aliphatic heterocycles. The second-order valence-corrected chi connectivity index (χ2v) is 17.7. The van der Waals surface area contributed by atoms with Crippen LogP contribution in [-0.2, 0) is 35.3 Å². The number of piperidine rings is 1. The zero-order chi connectivity index (χ0) is 36.5. The van der Waals surface area contributed by atoms with E-state index in [2.05, 4.69) is 57.2 Å². The lowest BCUT2D eigenvalue weighted by Crippen LogP contribution is -2.39. The van der Waals surface area contributed by atoms with Gasteiger partial charge >= 0.3 is 6.18 Å². The predicted molar refractivity (Wildman–Crippen MR) is 199 cm³/mol. The van der Waals surface area contributed by atoms with Gasteiger partial charge < -0.3 is 19.8 Å². The highest BCUT2D eigenvalue weighted by atomic mass is 32.1. The van der Waals surface area contributed by atoms with Crippen LogP contribution in [0.15, 0.2) is 61.4 Å². The normalized spacial score (nSPS) is 14.5. The smallest absolute Gasteiger partial charge is 0.367 e. The number of thiophene rings is 1. The van der Waals surface area contributed by atoms with Crippen molar-refractivity contribution < 1.29 is 22.5 Å². The number of likely N-dealkylation sites (tertiary alicyclic amines) is 1. The summed E-state index contributed by atoms with van der Waals surface area (Å²) in [6.45, 7) is 11.9. The van der Waals surface area contributed by atoms with Gasteiger partial charge in [0.05, 0.1) is 17.5 Å². The highest BCUT2D eigenvalue weighted by Crippen LogP contribution is 2.38. The number of amides is 1. The molecule has 0 unspecified atom stereocenters. The molecule has 1 fully saturated rings. The molecule has 5 aromatic rings. The van der Waals surface area contributed by atoms with E-state index in [1.165, 1.54) is 18.0 Å². The van der Waals surface area contributed by atoms with Crippen molar-refractivity contribution in [1.82, 2.24) is 19.4 Å². The molecular weight excluding hydrogens is 694 g/mol. The van der Waals surface area contributed by atoms with Gasteiger partial charge in [-0.05, 0) is 92.6 Å². The van der Waals surface area contributed by atoms with Crippen molar-refractivity contribution in [1.29, 1.82) is 5.26 Å². The molecule has 6 rings (SSSR count). The van der Waals surface area contributed by atoms with Crippen molar-refractivity contribution in [3.63, 3.8) is 0 Å². The van der Waals surface area contributed by atoms with E-state index in [1.54, 1.807) is 25.5 Å². The van der Waals surface area contributed by atoms with Crippen LogP contribution in [0.3, 0.4) is 0 Å². The molecular formula is C37H39F3N7O2PS. The van der Waals surface area contributed by atoms with Crippen LogP contribution in [0.4, 0.5) is 24.7 Å². The summed E-state index contributed by atoms with van der Waals surface area (Å²) in [5.74, 6) is 0.211. The van der Waals surface area contributed by atoms with Gasteiger partial charge in [0.15, 0.2) is 0 Å². The Hall–Kier alpha value is -4.50. The van der Waals surface area contributed by atoms with Gasteiger partial charge in [0, 0.05) is 53.3 Å². The largest absolute Gasteiger partial charge is 0.393 e. The molecule has 1 saturated heterocycles. The summed E-state index contributed by atoms with van der Waals surface area (Å²) in [5, 5.41) is 18.5. The average molecular weight is 734 g/mol. The highest BCUT2D eigenvalue weighted by Gasteiger charge is 2.29. The SMILES string of the molecule is C=CC(=O)Nc1ccc(CCn2c(C#N)cc3c(C)c(CN4CCC(Nc5ncnc6sc(CC(F)(F)F)cc56)CC4)ccc32)cc1P(C)(C)=O. The van der Waals surface area contributed by atoms with Crippen molar-refractivity contribution >= 4 is 62.3 Å². The van der Waals surface area contributed by atoms with E-state index in [-0.39, 0.29) is 16.8 Å². The van der Waals surface area contributed by atoms with E-state index < -0.39 is 19.7 Å². The molecule has 4 heterocycles. The molecule has 1 aliphatic rings. The zero-order valence-electron chi connectivity index (χ0n) is 28.7. The molecule has 2 N–H and O–H groups in total. The number of halogens is 3. The maximum atomic E-state index is 13.1. The van der Waals surface area contributed by atoms with Gasteiger partial charge in [-0.3, -0.25) is 9.69 Å². The molecule has 0 atom stereocenters. The fourth-order valence-corrected chi connectivity index (χ4v) is 8.92. The van der Waals surface area contributed by atoms with Crippen LogP contribution in [0.25, 0.3) is 21.1 Å².